The van der Waals surface area contributed by atoms with Crippen LogP contribution in [-0.4, -0.2) is 33.1 Å². The first-order chi connectivity index (χ1) is 8.31. The van der Waals surface area contributed by atoms with Crippen molar-refractivity contribution in [1.29, 1.82) is 0 Å². The van der Waals surface area contributed by atoms with Crippen molar-refractivity contribution in [2.75, 3.05) is 7.11 Å². The van der Waals surface area contributed by atoms with Crippen molar-refractivity contribution >= 4 is 17.3 Å². The van der Waals surface area contributed by atoms with Gasteiger partial charge in [-0.25, -0.2) is 4.79 Å². The van der Waals surface area contributed by atoms with Crippen molar-refractivity contribution in [3.05, 3.63) is 31.9 Å². The smallest absolute Gasteiger partial charge is 0.343 e. The van der Waals surface area contributed by atoms with E-state index in [1.165, 1.54) is 0 Å². The van der Waals surface area contributed by atoms with Gasteiger partial charge in [0.25, 0.3) is 0 Å². The average molecular weight is 258 g/mol. The zero-order valence-corrected chi connectivity index (χ0v) is 8.82. The first-order valence-electron chi connectivity index (χ1n) is 4.27. The highest BCUT2D eigenvalue weighted by atomic mass is 16.6. The fourth-order valence-corrected chi connectivity index (χ4v) is 1.30. The molecule has 0 heterocycles. The van der Waals surface area contributed by atoms with E-state index in [1.807, 2.05) is 0 Å². The van der Waals surface area contributed by atoms with Crippen molar-refractivity contribution in [3.8, 4) is 11.5 Å². The van der Waals surface area contributed by atoms with E-state index >= 15 is 0 Å². The summed E-state index contributed by atoms with van der Waals surface area (Å²) in [5, 5.41) is 39.5. The standard InChI is InChI=1S/C8H6N2O8/c1-18-7-5(10(16)17)3(8(12)13)2-4(6(7)11)9(14)15/h2,11H,1H3,(H,12,13). The summed E-state index contributed by atoms with van der Waals surface area (Å²) in [6.07, 6.45) is 0. The minimum absolute atomic E-state index is 0.401. The predicted octanol–water partition coefficient (Wildman–Crippen LogP) is 0.915. The number of hydrogen-bond acceptors (Lipinski definition) is 7. The van der Waals surface area contributed by atoms with Crippen molar-refractivity contribution in [2.45, 2.75) is 0 Å². The first kappa shape index (κ1) is 13.2. The second-order valence-corrected chi connectivity index (χ2v) is 2.99. The molecule has 10 nitrogen and oxygen atoms in total. The number of ether oxygens (including phenoxy) is 1. The van der Waals surface area contributed by atoms with E-state index in [1.54, 1.807) is 0 Å². The zero-order chi connectivity index (χ0) is 14.0. The normalized spacial score (nSPS) is 9.83. The number of benzene rings is 1. The molecule has 0 spiro atoms. The van der Waals surface area contributed by atoms with E-state index in [0.717, 1.165) is 7.11 Å². The molecule has 10 heteroatoms. The van der Waals surface area contributed by atoms with Crippen LogP contribution in [0.4, 0.5) is 11.4 Å². The molecule has 0 saturated carbocycles. The second-order valence-electron chi connectivity index (χ2n) is 2.99. The number of phenolic OH excluding ortho intramolecular Hbond substituents is 1. The van der Waals surface area contributed by atoms with E-state index in [0.29, 0.717) is 6.07 Å². The van der Waals surface area contributed by atoms with E-state index in [9.17, 15) is 30.1 Å². The molecule has 2 N–H and O–H groups in total. The molecule has 0 aliphatic rings. The topological polar surface area (TPSA) is 153 Å². The molecule has 0 unspecified atom stereocenters. The Bertz CT molecular complexity index is 553. The third-order valence-electron chi connectivity index (χ3n) is 2.02. The minimum atomic E-state index is -1.75. The molecule has 0 saturated heterocycles. The number of rotatable bonds is 4. The summed E-state index contributed by atoms with van der Waals surface area (Å²) < 4.78 is 4.46. The third-order valence-corrected chi connectivity index (χ3v) is 2.02. The van der Waals surface area contributed by atoms with E-state index in [-0.39, 0.29) is 0 Å². The van der Waals surface area contributed by atoms with Crippen LogP contribution in [0.2, 0.25) is 0 Å². The van der Waals surface area contributed by atoms with Gasteiger partial charge >= 0.3 is 17.3 Å². The van der Waals surface area contributed by atoms with Gasteiger partial charge in [0.05, 0.1) is 17.0 Å². The van der Waals surface area contributed by atoms with Gasteiger partial charge in [0.2, 0.25) is 11.5 Å². The van der Waals surface area contributed by atoms with Crippen LogP contribution in [0.3, 0.4) is 0 Å². The molecule has 0 atom stereocenters. The summed E-state index contributed by atoms with van der Waals surface area (Å²) in [5.74, 6) is -3.71. The molecule has 0 amide bonds. The number of hydrogen-bond donors (Lipinski definition) is 2. The van der Waals surface area contributed by atoms with Gasteiger partial charge in [-0.15, -0.1) is 0 Å². The molecule has 1 rings (SSSR count). The predicted molar refractivity (Wildman–Crippen MR) is 54.9 cm³/mol. The molecule has 0 aromatic heterocycles. The molecule has 0 radical (unpaired) electrons. The van der Waals surface area contributed by atoms with E-state index in [4.69, 9.17) is 5.11 Å². The Morgan fingerprint density at radius 2 is 1.89 bits per heavy atom. The molecule has 96 valence electrons. The van der Waals surface area contributed by atoms with Gasteiger partial charge in [-0.05, 0) is 0 Å². The quantitative estimate of drug-likeness (QED) is 0.596. The van der Waals surface area contributed by atoms with Crippen LogP contribution in [0.15, 0.2) is 6.07 Å². The lowest BCUT2D eigenvalue weighted by Gasteiger charge is -2.06. The van der Waals surface area contributed by atoms with Crippen molar-refractivity contribution in [1.82, 2.24) is 0 Å². The zero-order valence-electron chi connectivity index (χ0n) is 8.82. The van der Waals surface area contributed by atoms with Crippen LogP contribution in [0.25, 0.3) is 0 Å². The highest BCUT2D eigenvalue weighted by Crippen LogP contribution is 2.45. The molecule has 1 aromatic carbocycles. The Balaban J connectivity index is 3.80. The third kappa shape index (κ3) is 1.98. The minimum Gasteiger partial charge on any atom is -0.499 e. The van der Waals surface area contributed by atoms with Gasteiger partial charge in [0.15, 0.2) is 0 Å². The van der Waals surface area contributed by atoms with Crippen molar-refractivity contribution in [3.63, 3.8) is 0 Å². The number of carboxylic acid groups (broad SMARTS) is 1. The van der Waals surface area contributed by atoms with Gasteiger partial charge < -0.3 is 14.9 Å². The fraction of sp³-hybridized carbons (Fsp3) is 0.125. The second kappa shape index (κ2) is 4.53. The molecule has 0 aliphatic heterocycles. The number of carboxylic acids is 1. The van der Waals surface area contributed by atoms with Crippen molar-refractivity contribution < 1.29 is 29.6 Å². The SMILES string of the molecule is COc1c(O)c([N+](=O)[O-])cc(C(=O)O)c1[N+](=O)[O-]. The van der Waals surface area contributed by atoms with Crippen LogP contribution in [-0.2, 0) is 0 Å². The van der Waals surface area contributed by atoms with Crippen LogP contribution in [0.1, 0.15) is 10.4 Å². The molecule has 0 bridgehead atoms. The molecule has 1 aromatic rings. The van der Waals surface area contributed by atoms with E-state index < -0.39 is 44.3 Å². The summed E-state index contributed by atoms with van der Waals surface area (Å²) in [5.41, 5.74) is -2.98. The first-order valence-corrected chi connectivity index (χ1v) is 4.27. The lowest BCUT2D eigenvalue weighted by molar-refractivity contribution is -0.390. The summed E-state index contributed by atoms with van der Waals surface area (Å²) in [6, 6.07) is 0.401. The van der Waals surface area contributed by atoms with Crippen LogP contribution in [0, 0.1) is 20.2 Å². The number of aromatic carboxylic acids is 1. The molecule has 18 heavy (non-hydrogen) atoms. The lowest BCUT2D eigenvalue weighted by atomic mass is 10.1. The van der Waals surface area contributed by atoms with Gasteiger partial charge in [-0.1, -0.05) is 0 Å². The number of nitro benzene ring substituents is 2. The Kier molecular flexibility index (Phi) is 3.31. The van der Waals surface area contributed by atoms with Gasteiger partial charge in [0.1, 0.15) is 5.56 Å². The van der Waals surface area contributed by atoms with Crippen LogP contribution in [0.5, 0.6) is 11.5 Å². The number of nitro groups is 2. The largest absolute Gasteiger partial charge is 0.499 e. The Morgan fingerprint density at radius 1 is 1.33 bits per heavy atom. The van der Waals surface area contributed by atoms with Gasteiger partial charge in [-0.2, -0.15) is 0 Å². The Morgan fingerprint density at radius 3 is 2.22 bits per heavy atom. The molecular formula is C8H6N2O8. The summed E-state index contributed by atoms with van der Waals surface area (Å²) in [6.45, 7) is 0. The fourth-order valence-electron chi connectivity index (χ4n) is 1.30. The van der Waals surface area contributed by atoms with Gasteiger partial charge in [0, 0.05) is 6.07 Å². The maximum absolute atomic E-state index is 10.8. The molecular weight excluding hydrogens is 252 g/mol. The lowest BCUT2D eigenvalue weighted by Crippen LogP contribution is -2.06. The monoisotopic (exact) mass is 258 g/mol. The maximum Gasteiger partial charge on any atom is 0.343 e. The summed E-state index contributed by atoms with van der Waals surface area (Å²) >= 11 is 0. The number of aromatic hydroxyl groups is 1. The highest BCUT2D eigenvalue weighted by Gasteiger charge is 2.35. The summed E-state index contributed by atoms with van der Waals surface area (Å²) in [7, 11) is 0.914. The van der Waals surface area contributed by atoms with Crippen LogP contribution < -0.4 is 4.74 Å². The number of nitrogens with zero attached hydrogens (tertiary/aromatic N) is 2. The Labute approximate surface area is 98.3 Å². The molecule has 0 aliphatic carbocycles. The number of phenols is 1. The number of methoxy groups -OCH3 is 1. The van der Waals surface area contributed by atoms with Gasteiger partial charge in [-0.3, -0.25) is 20.2 Å². The average Bonchev–Trinajstić information content (AvgIpc) is 2.26. The maximum atomic E-state index is 10.8. The number of carbonyl (C=O) groups is 1. The highest BCUT2D eigenvalue weighted by molar-refractivity contribution is 5.96. The van der Waals surface area contributed by atoms with Crippen LogP contribution >= 0.6 is 0 Å². The molecule has 0 fully saturated rings. The van der Waals surface area contributed by atoms with Crippen molar-refractivity contribution in [2.24, 2.45) is 0 Å². The summed E-state index contributed by atoms with van der Waals surface area (Å²) in [4.78, 5) is 29.9. The van der Waals surface area contributed by atoms with E-state index in [2.05, 4.69) is 4.74 Å². The Hall–Kier alpha value is -2.91.